The Balaban J connectivity index is 2.09. The van der Waals surface area contributed by atoms with Gasteiger partial charge in [0.2, 0.25) is 0 Å². The van der Waals surface area contributed by atoms with Crippen LogP contribution in [0.15, 0.2) is 42.5 Å². The molecule has 0 spiro atoms. The van der Waals surface area contributed by atoms with Gasteiger partial charge in [0.15, 0.2) is 8.32 Å². The van der Waals surface area contributed by atoms with Crippen molar-refractivity contribution in [3.05, 3.63) is 59.2 Å². The van der Waals surface area contributed by atoms with Gasteiger partial charge in [0, 0.05) is 5.56 Å². The highest BCUT2D eigenvalue weighted by molar-refractivity contribution is 6.74. The zero-order chi connectivity index (χ0) is 21.7. The van der Waals surface area contributed by atoms with Crippen LogP contribution in [-0.4, -0.2) is 28.5 Å². The maximum absolute atomic E-state index is 11.8. The minimum Gasteiger partial charge on any atom is -0.496 e. The Bertz CT molecular complexity index is 839. The molecule has 5 nitrogen and oxygen atoms in total. The molecule has 0 aromatic heterocycles. The fraction of sp³-hybridized carbons (Fsp3) is 0.435. The van der Waals surface area contributed by atoms with E-state index in [-0.39, 0.29) is 11.6 Å². The molecule has 0 bridgehead atoms. The van der Waals surface area contributed by atoms with Crippen LogP contribution in [0.4, 0.5) is 0 Å². The van der Waals surface area contributed by atoms with Crippen molar-refractivity contribution in [1.29, 1.82) is 0 Å². The van der Waals surface area contributed by atoms with Crippen molar-refractivity contribution in [2.45, 2.75) is 52.1 Å². The second kappa shape index (κ2) is 9.46. The number of ether oxygens (including phenoxy) is 3. The molecule has 0 amide bonds. The number of carbonyl (C=O) groups excluding carboxylic acids is 1. The lowest BCUT2D eigenvalue weighted by Gasteiger charge is -2.36. The summed E-state index contributed by atoms with van der Waals surface area (Å²) >= 11 is 0. The molecule has 0 saturated heterocycles. The molecule has 0 N–H and O–H groups in total. The predicted octanol–water partition coefficient (Wildman–Crippen LogP) is 5.58. The van der Waals surface area contributed by atoms with Crippen molar-refractivity contribution in [3.8, 4) is 11.5 Å². The molecular formula is C23H32O5Si. The Labute approximate surface area is 175 Å². The van der Waals surface area contributed by atoms with E-state index in [0.717, 1.165) is 16.9 Å². The van der Waals surface area contributed by atoms with Gasteiger partial charge < -0.3 is 18.6 Å². The summed E-state index contributed by atoms with van der Waals surface area (Å²) in [5.74, 6) is 1.01. The Morgan fingerprint density at radius 2 is 1.72 bits per heavy atom. The molecule has 6 heteroatoms. The average molecular weight is 417 g/mol. The normalized spacial score (nSPS) is 11.8. The lowest BCUT2D eigenvalue weighted by Crippen LogP contribution is -2.40. The van der Waals surface area contributed by atoms with Crippen LogP contribution < -0.4 is 9.47 Å². The molecule has 0 saturated carbocycles. The van der Waals surface area contributed by atoms with Gasteiger partial charge in [-0.3, -0.25) is 0 Å². The molecule has 0 aliphatic heterocycles. The Morgan fingerprint density at radius 3 is 2.34 bits per heavy atom. The van der Waals surface area contributed by atoms with E-state index >= 15 is 0 Å². The number of benzene rings is 2. The van der Waals surface area contributed by atoms with Gasteiger partial charge in [-0.05, 0) is 54.0 Å². The molecule has 0 aliphatic rings. The molecule has 0 heterocycles. The van der Waals surface area contributed by atoms with Crippen molar-refractivity contribution >= 4 is 14.3 Å². The minimum absolute atomic E-state index is 0.169. The number of carbonyl (C=O) groups is 1. The average Bonchev–Trinajstić information content (AvgIpc) is 2.69. The van der Waals surface area contributed by atoms with Gasteiger partial charge >= 0.3 is 5.97 Å². The molecule has 29 heavy (non-hydrogen) atoms. The van der Waals surface area contributed by atoms with Crippen LogP contribution >= 0.6 is 0 Å². The molecule has 0 aliphatic carbocycles. The van der Waals surface area contributed by atoms with E-state index in [9.17, 15) is 4.79 Å². The standard InChI is InChI=1S/C23H32O5Si/c1-23(2,3)29(6,7)28-15-17-9-8-10-20(13-17)27-16-19-14-18(22(24)26-5)11-12-21(19)25-4/h8-14H,15-16H2,1-7H3. The summed E-state index contributed by atoms with van der Waals surface area (Å²) in [5.41, 5.74) is 2.31. The van der Waals surface area contributed by atoms with Crippen LogP contribution in [0.5, 0.6) is 11.5 Å². The number of hydrogen-bond donors (Lipinski definition) is 0. The van der Waals surface area contributed by atoms with E-state index < -0.39 is 14.3 Å². The third-order valence-corrected chi connectivity index (χ3v) is 9.88. The molecule has 0 unspecified atom stereocenters. The first-order valence-corrected chi connectivity index (χ1v) is 12.6. The maximum atomic E-state index is 11.8. The SMILES string of the molecule is COC(=O)c1ccc(OC)c(COc2cccc(CO[Si](C)(C)C(C)(C)C)c2)c1. The van der Waals surface area contributed by atoms with E-state index in [1.807, 2.05) is 24.3 Å². The molecule has 2 rings (SSSR count). The monoisotopic (exact) mass is 416 g/mol. The van der Waals surface area contributed by atoms with Crippen LogP contribution in [0.2, 0.25) is 18.1 Å². The fourth-order valence-electron chi connectivity index (χ4n) is 2.50. The zero-order valence-electron chi connectivity index (χ0n) is 18.5. The van der Waals surface area contributed by atoms with Crippen molar-refractivity contribution < 1.29 is 23.4 Å². The van der Waals surface area contributed by atoms with Crippen molar-refractivity contribution in [2.75, 3.05) is 14.2 Å². The Morgan fingerprint density at radius 1 is 1.00 bits per heavy atom. The quantitative estimate of drug-likeness (QED) is 0.415. The van der Waals surface area contributed by atoms with E-state index in [4.69, 9.17) is 18.6 Å². The molecule has 2 aromatic rings. The number of methoxy groups -OCH3 is 2. The van der Waals surface area contributed by atoms with E-state index in [0.29, 0.717) is 17.9 Å². The summed E-state index contributed by atoms with van der Waals surface area (Å²) in [5, 5.41) is 0.169. The Hall–Kier alpha value is -2.31. The van der Waals surface area contributed by atoms with Crippen molar-refractivity contribution in [3.63, 3.8) is 0 Å². The molecule has 0 fully saturated rings. The first kappa shape index (κ1) is 23.0. The summed E-state index contributed by atoms with van der Waals surface area (Å²) in [6.07, 6.45) is 0. The molecule has 158 valence electrons. The van der Waals surface area contributed by atoms with Crippen LogP contribution in [-0.2, 0) is 22.4 Å². The summed E-state index contributed by atoms with van der Waals surface area (Å²) in [7, 11) is 1.14. The second-order valence-electron chi connectivity index (χ2n) is 8.50. The first-order valence-electron chi connectivity index (χ1n) is 9.68. The number of hydrogen-bond acceptors (Lipinski definition) is 5. The molecule has 2 aromatic carbocycles. The highest BCUT2D eigenvalue weighted by Gasteiger charge is 2.37. The van der Waals surface area contributed by atoms with Crippen LogP contribution in [0, 0.1) is 0 Å². The highest BCUT2D eigenvalue weighted by atomic mass is 28.4. The second-order valence-corrected chi connectivity index (χ2v) is 13.3. The molecular weight excluding hydrogens is 384 g/mol. The summed E-state index contributed by atoms with van der Waals surface area (Å²) in [4.78, 5) is 11.8. The smallest absolute Gasteiger partial charge is 0.337 e. The van der Waals surface area contributed by atoms with Gasteiger partial charge in [0.1, 0.15) is 18.1 Å². The molecule has 0 atom stereocenters. The Kier molecular flexibility index (Phi) is 7.49. The summed E-state index contributed by atoms with van der Waals surface area (Å²) in [6.45, 7) is 12.0. The van der Waals surface area contributed by atoms with Crippen molar-refractivity contribution in [2.24, 2.45) is 0 Å². The largest absolute Gasteiger partial charge is 0.496 e. The van der Waals surface area contributed by atoms with Gasteiger partial charge in [0.05, 0.1) is 26.4 Å². The van der Waals surface area contributed by atoms with Gasteiger partial charge in [-0.2, -0.15) is 0 Å². The zero-order valence-corrected chi connectivity index (χ0v) is 19.5. The highest BCUT2D eigenvalue weighted by Crippen LogP contribution is 2.37. The van der Waals surface area contributed by atoms with E-state index in [2.05, 4.69) is 33.9 Å². The summed E-state index contributed by atoms with van der Waals surface area (Å²) < 4.78 is 22.4. The minimum atomic E-state index is -1.81. The fourth-order valence-corrected chi connectivity index (χ4v) is 3.46. The van der Waals surface area contributed by atoms with E-state index in [1.54, 1.807) is 25.3 Å². The van der Waals surface area contributed by atoms with Crippen LogP contribution in [0.25, 0.3) is 0 Å². The summed E-state index contributed by atoms with van der Waals surface area (Å²) in [6, 6.07) is 13.0. The lowest BCUT2D eigenvalue weighted by molar-refractivity contribution is 0.0600. The van der Waals surface area contributed by atoms with Crippen LogP contribution in [0.3, 0.4) is 0 Å². The van der Waals surface area contributed by atoms with Gasteiger partial charge in [-0.1, -0.05) is 32.9 Å². The van der Waals surface area contributed by atoms with Crippen molar-refractivity contribution in [1.82, 2.24) is 0 Å². The van der Waals surface area contributed by atoms with Crippen LogP contribution in [0.1, 0.15) is 42.3 Å². The lowest BCUT2D eigenvalue weighted by atomic mass is 10.1. The third-order valence-electron chi connectivity index (χ3n) is 5.40. The van der Waals surface area contributed by atoms with Gasteiger partial charge in [-0.15, -0.1) is 0 Å². The first-order chi connectivity index (χ1) is 13.6. The maximum Gasteiger partial charge on any atom is 0.337 e. The topological polar surface area (TPSA) is 54.0 Å². The third kappa shape index (κ3) is 6.08. The van der Waals surface area contributed by atoms with Gasteiger partial charge in [0.25, 0.3) is 0 Å². The number of rotatable bonds is 8. The van der Waals surface area contributed by atoms with E-state index in [1.165, 1.54) is 7.11 Å². The molecule has 0 radical (unpaired) electrons. The predicted molar refractivity (Wildman–Crippen MR) is 117 cm³/mol. The number of esters is 1. The van der Waals surface area contributed by atoms with Gasteiger partial charge in [-0.25, -0.2) is 4.79 Å².